The molecule has 0 bridgehead atoms. The van der Waals surface area contributed by atoms with Crippen LogP contribution in [0.2, 0.25) is 0 Å². The summed E-state index contributed by atoms with van der Waals surface area (Å²) in [6.45, 7) is 5.43. The maximum Gasteiger partial charge on any atom is 0.413 e. The number of hydrogen-bond donors (Lipinski definition) is 1. The summed E-state index contributed by atoms with van der Waals surface area (Å²) in [5.41, 5.74) is 1.11. The smallest absolute Gasteiger partial charge is 0.413 e. The first-order valence-corrected chi connectivity index (χ1v) is 8.51. The van der Waals surface area contributed by atoms with Crippen molar-refractivity contribution in [3.05, 3.63) is 54.9 Å². The number of benzene rings is 1. The number of para-hydroxylation sites is 1. The zero-order chi connectivity index (χ0) is 19.4. The van der Waals surface area contributed by atoms with Crippen LogP contribution in [0.1, 0.15) is 20.8 Å². The zero-order valence-electron chi connectivity index (χ0n) is 15.8. The third-order valence-corrected chi connectivity index (χ3v) is 3.57. The second-order valence-corrected chi connectivity index (χ2v) is 6.87. The van der Waals surface area contributed by atoms with E-state index in [1.807, 2.05) is 61.7 Å². The lowest BCUT2D eigenvalue weighted by Gasteiger charge is -2.19. The Hall–Kier alpha value is -3.35. The number of carbonyl (C=O) groups excluding carboxylic acids is 1. The van der Waals surface area contributed by atoms with Crippen LogP contribution in [-0.4, -0.2) is 33.3 Å². The molecule has 1 N–H and O–H groups in total. The Kier molecular flexibility index (Phi) is 5.12. The molecule has 0 saturated heterocycles. The molecule has 27 heavy (non-hydrogen) atoms. The molecule has 1 aromatic carbocycles. The average molecular weight is 366 g/mol. The normalized spacial score (nSPS) is 11.1. The summed E-state index contributed by atoms with van der Waals surface area (Å²) in [5, 5.41) is 2.68. The van der Waals surface area contributed by atoms with Crippen molar-refractivity contribution in [3.63, 3.8) is 0 Å². The van der Waals surface area contributed by atoms with Gasteiger partial charge in [0, 0.05) is 23.5 Å². The number of imidazole rings is 1. The number of aromatic nitrogens is 3. The monoisotopic (exact) mass is 366 g/mol. The first kappa shape index (κ1) is 18.4. The van der Waals surface area contributed by atoms with E-state index in [9.17, 15) is 4.79 Å². The highest BCUT2D eigenvalue weighted by Gasteiger charge is 2.19. The molecule has 0 aliphatic rings. The lowest BCUT2D eigenvalue weighted by Crippen LogP contribution is -2.27. The Balaban J connectivity index is 1.97. The second-order valence-electron chi connectivity index (χ2n) is 6.87. The lowest BCUT2D eigenvalue weighted by molar-refractivity contribution is 0.0635. The third kappa shape index (κ3) is 4.63. The molecule has 7 heteroatoms. The van der Waals surface area contributed by atoms with E-state index in [0.717, 1.165) is 11.3 Å². The summed E-state index contributed by atoms with van der Waals surface area (Å²) >= 11 is 0. The van der Waals surface area contributed by atoms with Crippen LogP contribution >= 0.6 is 0 Å². The van der Waals surface area contributed by atoms with Crippen LogP contribution in [0.25, 0.3) is 17.1 Å². The van der Waals surface area contributed by atoms with Gasteiger partial charge in [-0.3, -0.25) is 9.88 Å². The Labute approximate surface area is 158 Å². The Morgan fingerprint density at radius 3 is 2.44 bits per heavy atom. The van der Waals surface area contributed by atoms with Gasteiger partial charge in [0.1, 0.15) is 11.4 Å². The largest absolute Gasteiger partial charge is 0.481 e. The highest BCUT2D eigenvalue weighted by Crippen LogP contribution is 2.26. The topological polar surface area (TPSA) is 78.3 Å². The van der Waals surface area contributed by atoms with E-state index in [0.29, 0.717) is 17.5 Å². The molecule has 1 amide bonds. The fourth-order valence-corrected chi connectivity index (χ4v) is 2.47. The molecule has 3 aromatic rings. The van der Waals surface area contributed by atoms with Crippen LogP contribution in [-0.2, 0) is 4.74 Å². The van der Waals surface area contributed by atoms with E-state index >= 15 is 0 Å². The number of nitrogens with one attached hydrogen (secondary N) is 1. The van der Waals surface area contributed by atoms with E-state index < -0.39 is 11.7 Å². The van der Waals surface area contributed by atoms with Crippen molar-refractivity contribution in [1.82, 2.24) is 14.5 Å². The summed E-state index contributed by atoms with van der Waals surface area (Å²) in [5.74, 6) is 1.55. The number of carbonyl (C=O) groups is 1. The number of rotatable bonds is 4. The van der Waals surface area contributed by atoms with Gasteiger partial charge < -0.3 is 9.47 Å². The van der Waals surface area contributed by atoms with Gasteiger partial charge in [-0.1, -0.05) is 18.2 Å². The summed E-state index contributed by atoms with van der Waals surface area (Å²) in [6, 6.07) is 13.4. The van der Waals surface area contributed by atoms with Gasteiger partial charge in [0.05, 0.1) is 13.3 Å². The zero-order valence-corrected chi connectivity index (χ0v) is 15.8. The molecule has 0 aliphatic heterocycles. The predicted octanol–water partition coefficient (Wildman–Crippen LogP) is 4.29. The van der Waals surface area contributed by atoms with Gasteiger partial charge in [-0.15, -0.1) is 0 Å². The molecule has 0 radical (unpaired) electrons. The van der Waals surface area contributed by atoms with Crippen molar-refractivity contribution in [2.75, 3.05) is 12.4 Å². The van der Waals surface area contributed by atoms with Crippen molar-refractivity contribution in [3.8, 4) is 23.0 Å². The lowest BCUT2D eigenvalue weighted by atomic mass is 10.2. The fraction of sp³-hybridized carbons (Fsp3) is 0.250. The van der Waals surface area contributed by atoms with Crippen molar-refractivity contribution < 1.29 is 14.3 Å². The minimum atomic E-state index is -0.588. The molecule has 0 spiro atoms. The van der Waals surface area contributed by atoms with Crippen LogP contribution in [0.3, 0.4) is 0 Å². The van der Waals surface area contributed by atoms with Gasteiger partial charge in [0.15, 0.2) is 5.82 Å². The van der Waals surface area contributed by atoms with Crippen molar-refractivity contribution >= 4 is 11.9 Å². The van der Waals surface area contributed by atoms with Crippen molar-refractivity contribution in [2.24, 2.45) is 0 Å². The molecule has 0 fully saturated rings. The fourth-order valence-electron chi connectivity index (χ4n) is 2.47. The number of nitrogens with zero attached hydrogens (tertiary/aromatic N) is 3. The standard InChI is InChI=1S/C20H22N4O3/c1-20(2,3)27-19(25)23-16-13-24(15-8-6-5-7-9-15)18(22-16)14-10-11-17(26-4)21-12-14/h5-13H,1-4H3,(H,23,25). The Morgan fingerprint density at radius 2 is 1.85 bits per heavy atom. The van der Waals surface area contributed by atoms with Crippen molar-refractivity contribution in [1.29, 1.82) is 0 Å². The Morgan fingerprint density at radius 1 is 1.11 bits per heavy atom. The van der Waals surface area contributed by atoms with Gasteiger partial charge >= 0.3 is 6.09 Å². The molecule has 0 atom stereocenters. The van der Waals surface area contributed by atoms with Crippen LogP contribution in [0, 0.1) is 0 Å². The number of anilines is 1. The van der Waals surface area contributed by atoms with Crippen molar-refractivity contribution in [2.45, 2.75) is 26.4 Å². The van der Waals surface area contributed by atoms with Gasteiger partial charge in [-0.2, -0.15) is 0 Å². The first-order valence-electron chi connectivity index (χ1n) is 8.51. The third-order valence-electron chi connectivity index (χ3n) is 3.57. The van der Waals surface area contributed by atoms with E-state index in [1.165, 1.54) is 0 Å². The number of hydrogen-bond acceptors (Lipinski definition) is 5. The molecule has 2 heterocycles. The SMILES string of the molecule is COc1ccc(-c2nc(NC(=O)OC(C)(C)C)cn2-c2ccccc2)cn1. The van der Waals surface area contributed by atoms with Gasteiger partial charge in [-0.05, 0) is 39.0 Å². The highest BCUT2D eigenvalue weighted by molar-refractivity contribution is 5.84. The van der Waals surface area contributed by atoms with E-state index in [-0.39, 0.29) is 0 Å². The summed E-state index contributed by atoms with van der Waals surface area (Å²) in [4.78, 5) is 20.9. The molecule has 7 nitrogen and oxygen atoms in total. The minimum Gasteiger partial charge on any atom is -0.481 e. The summed E-state index contributed by atoms with van der Waals surface area (Å²) in [7, 11) is 1.57. The summed E-state index contributed by atoms with van der Waals surface area (Å²) < 4.78 is 12.3. The van der Waals surface area contributed by atoms with Gasteiger partial charge in [-0.25, -0.2) is 14.8 Å². The maximum absolute atomic E-state index is 12.1. The van der Waals surface area contributed by atoms with Crippen LogP contribution in [0.15, 0.2) is 54.9 Å². The number of amides is 1. The first-order chi connectivity index (χ1) is 12.9. The van der Waals surface area contributed by atoms with E-state index in [1.54, 1.807) is 25.6 Å². The maximum atomic E-state index is 12.1. The van der Waals surface area contributed by atoms with E-state index in [4.69, 9.17) is 9.47 Å². The molecule has 0 aliphatic carbocycles. The Bertz CT molecular complexity index is 913. The van der Waals surface area contributed by atoms with Gasteiger partial charge in [0.25, 0.3) is 0 Å². The number of ether oxygens (including phenoxy) is 2. The summed E-state index contributed by atoms with van der Waals surface area (Å²) in [6.07, 6.45) is 2.87. The average Bonchev–Trinajstić information content (AvgIpc) is 3.04. The molecule has 140 valence electrons. The molecular weight excluding hydrogens is 344 g/mol. The molecule has 3 rings (SSSR count). The molecule has 0 saturated carbocycles. The number of methoxy groups -OCH3 is 1. The quantitative estimate of drug-likeness (QED) is 0.745. The van der Waals surface area contributed by atoms with E-state index in [2.05, 4.69) is 15.3 Å². The highest BCUT2D eigenvalue weighted by atomic mass is 16.6. The molecule has 2 aromatic heterocycles. The van der Waals surface area contributed by atoms with Crippen LogP contribution in [0.4, 0.5) is 10.6 Å². The molecular formula is C20H22N4O3. The van der Waals surface area contributed by atoms with Gasteiger partial charge in [0.2, 0.25) is 5.88 Å². The van der Waals surface area contributed by atoms with Crippen LogP contribution in [0.5, 0.6) is 5.88 Å². The second kappa shape index (κ2) is 7.49. The number of pyridine rings is 1. The molecule has 0 unspecified atom stereocenters. The predicted molar refractivity (Wildman–Crippen MR) is 103 cm³/mol. The minimum absolute atomic E-state index is 0.388. The van der Waals surface area contributed by atoms with Crippen LogP contribution < -0.4 is 10.1 Å².